The van der Waals surface area contributed by atoms with Crippen molar-refractivity contribution in [3.05, 3.63) is 6.92 Å². The van der Waals surface area contributed by atoms with Gasteiger partial charge in [-0.3, -0.25) is 0 Å². The van der Waals surface area contributed by atoms with Gasteiger partial charge >= 0.3 is 23.1 Å². The Hall–Kier alpha value is 1.71. The SMILES string of the molecule is [CH2-]C[SiH](C)C.[I-].[Mg+2]. The van der Waals surface area contributed by atoms with Crippen LogP contribution in [-0.2, 0) is 0 Å². The molecule has 0 N–H and O–H groups in total. The molecule has 0 rings (SSSR count). The van der Waals surface area contributed by atoms with Gasteiger partial charge in [0.15, 0.2) is 0 Å². The van der Waals surface area contributed by atoms with E-state index in [1.807, 2.05) is 0 Å². The molecule has 0 unspecified atom stereocenters. The molecule has 0 aliphatic heterocycles. The van der Waals surface area contributed by atoms with Crippen molar-refractivity contribution < 1.29 is 24.0 Å². The summed E-state index contributed by atoms with van der Waals surface area (Å²) in [5.41, 5.74) is 0. The van der Waals surface area contributed by atoms with Crippen LogP contribution in [0.4, 0.5) is 0 Å². The Kier molecular flexibility index (Phi) is 24.2. The molecule has 40 valence electrons. The molecule has 0 fully saturated rings. The first-order valence-electron chi connectivity index (χ1n) is 2.06. The van der Waals surface area contributed by atoms with E-state index in [-0.39, 0.29) is 55.8 Å². The van der Waals surface area contributed by atoms with E-state index in [0.717, 1.165) is 0 Å². The molecule has 0 amide bonds. The summed E-state index contributed by atoms with van der Waals surface area (Å²) in [6.07, 6.45) is 0. The summed E-state index contributed by atoms with van der Waals surface area (Å²) in [6, 6.07) is 1.19. The van der Waals surface area contributed by atoms with E-state index in [1.165, 1.54) is 6.04 Å². The van der Waals surface area contributed by atoms with Crippen LogP contribution in [0, 0.1) is 6.92 Å². The molecule has 7 heavy (non-hydrogen) atoms. The molecule has 0 aromatic carbocycles. The maximum absolute atomic E-state index is 3.75. The van der Waals surface area contributed by atoms with E-state index in [4.69, 9.17) is 0 Å². The van der Waals surface area contributed by atoms with Crippen LogP contribution in [0.1, 0.15) is 0 Å². The second-order valence-electron chi connectivity index (χ2n) is 1.68. The van der Waals surface area contributed by atoms with Gasteiger partial charge in [-0.15, -0.1) is 0 Å². The zero-order chi connectivity index (χ0) is 4.28. The molecule has 0 nitrogen and oxygen atoms in total. The standard InChI is InChI=1S/C4H11Si.HI.Mg/c1-4-5(2)3;;/h5H,1,4H2,2-3H3;1H;/q-1;;+2/p-1. The zero-order valence-electron chi connectivity index (χ0n) is 5.08. The van der Waals surface area contributed by atoms with Gasteiger partial charge < -0.3 is 30.9 Å². The molecule has 0 aromatic rings. The van der Waals surface area contributed by atoms with Crippen molar-refractivity contribution in [3.63, 3.8) is 0 Å². The molecular formula is C4H11IMgSi. The molecule has 0 radical (unpaired) electrons. The van der Waals surface area contributed by atoms with Crippen LogP contribution >= 0.6 is 0 Å². The molecule has 0 saturated carbocycles. The molecule has 0 saturated heterocycles. The minimum absolute atomic E-state index is 0. The number of hydrogen-bond donors (Lipinski definition) is 0. The Balaban J connectivity index is -0.0000000800. The smallest absolute Gasteiger partial charge is 1.00 e. The van der Waals surface area contributed by atoms with Crippen molar-refractivity contribution in [1.29, 1.82) is 0 Å². The Morgan fingerprint density at radius 2 is 1.57 bits per heavy atom. The molecule has 0 spiro atoms. The van der Waals surface area contributed by atoms with Crippen LogP contribution in [0.15, 0.2) is 0 Å². The molecule has 0 heterocycles. The van der Waals surface area contributed by atoms with E-state index in [9.17, 15) is 0 Å². The van der Waals surface area contributed by atoms with Crippen molar-refractivity contribution in [2.75, 3.05) is 0 Å². The first-order valence-corrected chi connectivity index (χ1v) is 5.19. The third-order valence-electron chi connectivity index (χ3n) is 0.577. The maximum Gasteiger partial charge on any atom is 2.00 e. The van der Waals surface area contributed by atoms with Gasteiger partial charge in [0.05, 0.1) is 0 Å². The minimum atomic E-state index is -0.261. The first-order chi connectivity index (χ1) is 2.27. The van der Waals surface area contributed by atoms with Gasteiger partial charge in [-0.1, -0.05) is 13.1 Å². The van der Waals surface area contributed by atoms with Gasteiger partial charge in [-0.05, 0) is 0 Å². The van der Waals surface area contributed by atoms with Crippen LogP contribution in [0.25, 0.3) is 0 Å². The van der Waals surface area contributed by atoms with Gasteiger partial charge in [0.25, 0.3) is 0 Å². The summed E-state index contributed by atoms with van der Waals surface area (Å²) in [4.78, 5) is 0. The van der Waals surface area contributed by atoms with Crippen molar-refractivity contribution >= 4 is 31.8 Å². The quantitative estimate of drug-likeness (QED) is 0.280. The predicted molar refractivity (Wildman–Crippen MR) is 34.8 cm³/mol. The fourth-order valence-electron chi connectivity index (χ4n) is 0. The summed E-state index contributed by atoms with van der Waals surface area (Å²) < 4.78 is 0. The Morgan fingerprint density at radius 3 is 1.57 bits per heavy atom. The van der Waals surface area contributed by atoms with Crippen LogP contribution in [0.5, 0.6) is 0 Å². The molecule has 0 bridgehead atoms. The van der Waals surface area contributed by atoms with Gasteiger partial charge in [-0.25, -0.2) is 0 Å². The Labute approximate surface area is 81.2 Å². The summed E-state index contributed by atoms with van der Waals surface area (Å²) in [5.74, 6) is 0. The summed E-state index contributed by atoms with van der Waals surface area (Å²) in [5, 5.41) is 0. The monoisotopic (exact) mass is 238 g/mol. The van der Waals surface area contributed by atoms with Crippen molar-refractivity contribution in [3.8, 4) is 0 Å². The van der Waals surface area contributed by atoms with E-state index < -0.39 is 0 Å². The minimum Gasteiger partial charge on any atom is -1.00 e. The summed E-state index contributed by atoms with van der Waals surface area (Å²) in [6.45, 7) is 8.34. The molecule has 0 aromatic heterocycles. The van der Waals surface area contributed by atoms with Crippen LogP contribution in [-0.4, -0.2) is 31.8 Å². The van der Waals surface area contributed by atoms with Crippen LogP contribution < -0.4 is 24.0 Å². The number of hydrogen-bond acceptors (Lipinski definition) is 0. The number of halogens is 1. The topological polar surface area (TPSA) is 0 Å². The molecule has 3 heteroatoms. The van der Waals surface area contributed by atoms with Gasteiger partial charge in [0.2, 0.25) is 0 Å². The fraction of sp³-hybridized carbons (Fsp3) is 0.750. The zero-order valence-corrected chi connectivity index (χ0v) is 9.80. The first kappa shape index (κ1) is 15.9. The Bertz CT molecular complexity index is 25.7. The summed E-state index contributed by atoms with van der Waals surface area (Å²) in [7, 11) is -0.261. The maximum atomic E-state index is 3.75. The Morgan fingerprint density at radius 1 is 1.43 bits per heavy atom. The van der Waals surface area contributed by atoms with Crippen molar-refractivity contribution in [2.24, 2.45) is 0 Å². The molecule has 0 aliphatic rings. The number of rotatable bonds is 1. The second-order valence-corrected chi connectivity index (χ2v) is 5.05. The summed E-state index contributed by atoms with van der Waals surface area (Å²) >= 11 is 0. The molecule has 0 aliphatic carbocycles. The van der Waals surface area contributed by atoms with E-state index >= 15 is 0 Å². The average molecular weight is 238 g/mol. The van der Waals surface area contributed by atoms with Crippen LogP contribution in [0.2, 0.25) is 19.1 Å². The molecule has 0 atom stereocenters. The average Bonchev–Trinajstić information content (AvgIpc) is 1.38. The van der Waals surface area contributed by atoms with E-state index in [2.05, 4.69) is 20.0 Å². The van der Waals surface area contributed by atoms with E-state index in [1.54, 1.807) is 0 Å². The fourth-order valence-corrected chi connectivity index (χ4v) is 0. The largest absolute Gasteiger partial charge is 2.00 e. The molecular weight excluding hydrogens is 227 g/mol. The van der Waals surface area contributed by atoms with Gasteiger partial charge in [0.1, 0.15) is 0 Å². The van der Waals surface area contributed by atoms with E-state index in [0.29, 0.717) is 0 Å². The predicted octanol–water partition coefficient (Wildman–Crippen LogP) is -2.07. The third kappa shape index (κ3) is 18.3. The second kappa shape index (κ2) is 10.6. The third-order valence-corrected chi connectivity index (χ3v) is 1.73. The van der Waals surface area contributed by atoms with Crippen molar-refractivity contribution in [1.82, 2.24) is 0 Å². The van der Waals surface area contributed by atoms with Gasteiger partial charge in [0, 0.05) is 8.80 Å². The van der Waals surface area contributed by atoms with Crippen molar-refractivity contribution in [2.45, 2.75) is 19.1 Å². The van der Waals surface area contributed by atoms with Crippen LogP contribution in [0.3, 0.4) is 0 Å². The normalized spacial score (nSPS) is 6.86. The van der Waals surface area contributed by atoms with Gasteiger partial charge in [-0.2, -0.15) is 6.04 Å².